The van der Waals surface area contributed by atoms with E-state index in [0.29, 0.717) is 26.1 Å². The second kappa shape index (κ2) is 7.50. The third kappa shape index (κ3) is 3.40. The average molecular weight is 380 g/mol. The molecule has 2 aliphatic heterocycles. The Kier molecular flexibility index (Phi) is 4.90. The number of benzene rings is 1. The lowest BCUT2D eigenvalue weighted by Gasteiger charge is -2.32. The Bertz CT molecular complexity index is 892. The first-order valence-electron chi connectivity index (χ1n) is 9.50. The van der Waals surface area contributed by atoms with Crippen LogP contribution < -0.4 is 4.74 Å². The molecule has 0 radical (unpaired) electrons. The number of aryl methyl sites for hydroxylation is 1. The number of hydrogen-bond acceptors (Lipinski definition) is 4. The predicted octanol–water partition coefficient (Wildman–Crippen LogP) is 1.54. The van der Waals surface area contributed by atoms with Gasteiger partial charge in [0, 0.05) is 20.0 Å². The summed E-state index contributed by atoms with van der Waals surface area (Å²) in [5, 5.41) is 4.29. The number of rotatable bonds is 4. The van der Waals surface area contributed by atoms with E-state index in [9.17, 15) is 9.59 Å². The fraction of sp³-hybridized carbons (Fsp3) is 0.381. The van der Waals surface area contributed by atoms with Gasteiger partial charge in [0.1, 0.15) is 17.9 Å². The highest BCUT2D eigenvalue weighted by atomic mass is 16.5. The molecule has 0 unspecified atom stereocenters. The number of carbonyl (C=O) groups is 2. The van der Waals surface area contributed by atoms with Gasteiger partial charge in [-0.3, -0.25) is 14.3 Å². The Morgan fingerprint density at radius 3 is 2.82 bits per heavy atom. The van der Waals surface area contributed by atoms with Crippen molar-refractivity contribution in [3.05, 3.63) is 60.4 Å². The van der Waals surface area contributed by atoms with Gasteiger partial charge < -0.3 is 14.5 Å². The molecule has 1 aromatic carbocycles. The predicted molar refractivity (Wildman–Crippen MR) is 104 cm³/mol. The molecular weight excluding hydrogens is 356 g/mol. The van der Waals surface area contributed by atoms with E-state index >= 15 is 0 Å². The molecule has 146 valence electrons. The third-order valence-electron chi connectivity index (χ3n) is 5.50. The molecule has 1 saturated heterocycles. The van der Waals surface area contributed by atoms with E-state index < -0.39 is 6.04 Å². The molecule has 1 fully saturated rings. The molecule has 3 heterocycles. The number of aromatic nitrogens is 2. The molecule has 28 heavy (non-hydrogen) atoms. The summed E-state index contributed by atoms with van der Waals surface area (Å²) in [6, 6.07) is 8.95. The van der Waals surface area contributed by atoms with Crippen molar-refractivity contribution in [1.29, 1.82) is 0 Å². The van der Waals surface area contributed by atoms with Crippen molar-refractivity contribution in [1.82, 2.24) is 19.6 Å². The zero-order valence-corrected chi connectivity index (χ0v) is 16.0. The molecule has 2 amide bonds. The summed E-state index contributed by atoms with van der Waals surface area (Å²) in [4.78, 5) is 29.1. The molecule has 7 heteroatoms. The number of ether oxygens (including phenoxy) is 1. The van der Waals surface area contributed by atoms with Gasteiger partial charge in [-0.15, -0.1) is 0 Å². The number of fused-ring (bicyclic) bond motifs is 1. The van der Waals surface area contributed by atoms with E-state index in [1.807, 2.05) is 53.2 Å². The minimum atomic E-state index is -0.533. The van der Waals surface area contributed by atoms with Crippen LogP contribution in [0.4, 0.5) is 0 Å². The largest absolute Gasteiger partial charge is 0.488 e. The number of likely N-dealkylation sites (tertiary alicyclic amines) is 1. The van der Waals surface area contributed by atoms with E-state index in [2.05, 4.69) is 11.7 Å². The molecule has 0 bridgehead atoms. The van der Waals surface area contributed by atoms with Crippen molar-refractivity contribution in [2.75, 3.05) is 13.1 Å². The molecule has 7 nitrogen and oxygen atoms in total. The number of nitrogens with zero attached hydrogens (tertiary/aromatic N) is 4. The van der Waals surface area contributed by atoms with Crippen LogP contribution in [0, 0.1) is 0 Å². The second-order valence-corrected chi connectivity index (χ2v) is 7.25. The second-order valence-electron chi connectivity index (χ2n) is 7.25. The SMILES string of the molecule is C=CC(=O)N1C[C@@H](Oc2ccccc2)C[C@H]1C(=O)N1CCc2cnn(C)c2C1. The third-order valence-corrected chi connectivity index (χ3v) is 5.50. The first-order chi connectivity index (χ1) is 13.6. The normalized spacial score (nSPS) is 21.3. The maximum atomic E-state index is 13.3. The Hall–Kier alpha value is -3.09. The molecule has 0 saturated carbocycles. The van der Waals surface area contributed by atoms with Gasteiger partial charge in [0.2, 0.25) is 11.8 Å². The standard InChI is InChI=1S/C21H24N4O3/c1-3-20(26)25-13-17(28-16-7-5-4-6-8-16)11-18(25)21(27)24-10-9-15-12-22-23(2)19(15)14-24/h3-8,12,17-18H,1,9-11,13-14H2,2H3/t17-,18-/m0/s1. The van der Waals surface area contributed by atoms with Crippen LogP contribution in [0.25, 0.3) is 0 Å². The Balaban J connectivity index is 1.51. The summed E-state index contributed by atoms with van der Waals surface area (Å²) in [7, 11) is 1.89. The van der Waals surface area contributed by atoms with E-state index in [1.54, 1.807) is 4.90 Å². The summed E-state index contributed by atoms with van der Waals surface area (Å²) >= 11 is 0. The van der Waals surface area contributed by atoms with E-state index in [0.717, 1.165) is 17.9 Å². The van der Waals surface area contributed by atoms with Crippen LogP contribution in [0.5, 0.6) is 5.75 Å². The summed E-state index contributed by atoms with van der Waals surface area (Å²) in [5.74, 6) is 0.459. The Morgan fingerprint density at radius 1 is 1.29 bits per heavy atom. The van der Waals surface area contributed by atoms with Gasteiger partial charge in [-0.2, -0.15) is 5.10 Å². The zero-order valence-electron chi connectivity index (χ0n) is 16.0. The van der Waals surface area contributed by atoms with Gasteiger partial charge in [-0.1, -0.05) is 24.8 Å². The van der Waals surface area contributed by atoms with Crippen molar-refractivity contribution in [2.45, 2.75) is 31.5 Å². The molecule has 4 rings (SSSR count). The number of para-hydroxylation sites is 1. The van der Waals surface area contributed by atoms with Crippen LogP contribution in [0.3, 0.4) is 0 Å². The number of hydrogen-bond donors (Lipinski definition) is 0. The molecule has 1 aromatic heterocycles. The van der Waals surface area contributed by atoms with Gasteiger partial charge in [-0.25, -0.2) is 0 Å². The van der Waals surface area contributed by atoms with E-state index in [1.165, 1.54) is 11.6 Å². The smallest absolute Gasteiger partial charge is 0.246 e. The summed E-state index contributed by atoms with van der Waals surface area (Å²) in [6.07, 6.45) is 4.16. The van der Waals surface area contributed by atoms with Crippen molar-refractivity contribution in [3.8, 4) is 5.75 Å². The maximum Gasteiger partial charge on any atom is 0.246 e. The highest BCUT2D eigenvalue weighted by Crippen LogP contribution is 2.27. The molecule has 2 atom stereocenters. The van der Waals surface area contributed by atoms with Crippen molar-refractivity contribution in [2.24, 2.45) is 7.05 Å². The van der Waals surface area contributed by atoms with Crippen LogP contribution in [0.15, 0.2) is 49.2 Å². The first kappa shape index (κ1) is 18.3. The van der Waals surface area contributed by atoms with Crippen LogP contribution >= 0.6 is 0 Å². The van der Waals surface area contributed by atoms with Crippen molar-refractivity contribution >= 4 is 11.8 Å². The highest BCUT2D eigenvalue weighted by molar-refractivity contribution is 5.93. The van der Waals surface area contributed by atoms with Crippen LogP contribution in [-0.4, -0.2) is 56.6 Å². The topological polar surface area (TPSA) is 67.7 Å². The van der Waals surface area contributed by atoms with E-state index in [4.69, 9.17) is 4.74 Å². The fourth-order valence-corrected chi connectivity index (χ4v) is 4.00. The van der Waals surface area contributed by atoms with Gasteiger partial charge in [0.25, 0.3) is 0 Å². The first-order valence-corrected chi connectivity index (χ1v) is 9.50. The lowest BCUT2D eigenvalue weighted by atomic mass is 10.1. The Labute approximate surface area is 164 Å². The van der Waals surface area contributed by atoms with Crippen molar-refractivity contribution < 1.29 is 14.3 Å². The molecule has 0 aliphatic carbocycles. The average Bonchev–Trinajstić information content (AvgIpc) is 3.31. The quantitative estimate of drug-likeness (QED) is 0.755. The molecule has 0 spiro atoms. The molecular formula is C21H24N4O3. The van der Waals surface area contributed by atoms with Gasteiger partial charge in [0.15, 0.2) is 0 Å². The highest BCUT2D eigenvalue weighted by Gasteiger charge is 2.42. The summed E-state index contributed by atoms with van der Waals surface area (Å²) in [6.45, 7) is 5.11. The lowest BCUT2D eigenvalue weighted by Crippen LogP contribution is -2.48. The zero-order chi connectivity index (χ0) is 19.7. The Morgan fingerprint density at radius 2 is 2.07 bits per heavy atom. The van der Waals surface area contributed by atoms with Crippen LogP contribution in [-0.2, 0) is 29.6 Å². The monoisotopic (exact) mass is 380 g/mol. The van der Waals surface area contributed by atoms with E-state index in [-0.39, 0.29) is 17.9 Å². The molecule has 2 aromatic rings. The number of amides is 2. The minimum Gasteiger partial charge on any atom is -0.488 e. The maximum absolute atomic E-state index is 13.3. The minimum absolute atomic E-state index is 0.0405. The van der Waals surface area contributed by atoms with Crippen molar-refractivity contribution in [3.63, 3.8) is 0 Å². The number of carbonyl (C=O) groups excluding carboxylic acids is 2. The summed E-state index contributed by atoms with van der Waals surface area (Å²) < 4.78 is 7.83. The summed E-state index contributed by atoms with van der Waals surface area (Å²) in [5.41, 5.74) is 2.23. The molecule has 2 aliphatic rings. The lowest BCUT2D eigenvalue weighted by molar-refractivity contribution is -0.142. The van der Waals surface area contributed by atoms with Crippen LogP contribution in [0.1, 0.15) is 17.7 Å². The van der Waals surface area contributed by atoms with Gasteiger partial charge in [-0.05, 0) is 30.2 Å². The van der Waals surface area contributed by atoms with Gasteiger partial charge >= 0.3 is 0 Å². The van der Waals surface area contributed by atoms with Crippen LogP contribution in [0.2, 0.25) is 0 Å². The van der Waals surface area contributed by atoms with Gasteiger partial charge in [0.05, 0.1) is 25.0 Å². The molecule has 0 N–H and O–H groups in total. The fourth-order valence-electron chi connectivity index (χ4n) is 4.00.